The molecule has 2 rings (SSSR count). The minimum atomic E-state index is -0.837. The largest absolute Gasteiger partial charge is 0.478 e. The third-order valence-electron chi connectivity index (χ3n) is 4.76. The smallest absolute Gasteiger partial charge is 0.334 e. The van der Waals surface area contributed by atoms with Crippen LogP contribution < -0.4 is 0 Å². The molecule has 1 fully saturated rings. The van der Waals surface area contributed by atoms with Crippen LogP contribution in [0.15, 0.2) is 47.1 Å². The topological polar surface area (TPSA) is 63.6 Å². The molecule has 0 radical (unpaired) electrons. The van der Waals surface area contributed by atoms with Crippen LogP contribution in [0.2, 0.25) is 0 Å². The standard InChI is InChI=1S/C20H26O4/c1-13-6-4-8-16(19(21)22)9-5-7-14(2)12-18-17(11-10-13)15(3)20(23)24-18/h6,9,12,17-18H,3-5,7-8,10-11H2,1-2H3,(H,21,22)/b13-6-,14-12+,16-9-/t17-,18+/m0/s1. The Labute approximate surface area is 143 Å². The van der Waals surface area contributed by atoms with E-state index in [1.807, 2.05) is 26.0 Å². The molecule has 0 spiro atoms. The van der Waals surface area contributed by atoms with E-state index >= 15 is 0 Å². The Morgan fingerprint density at radius 3 is 2.58 bits per heavy atom. The molecule has 0 aromatic rings. The van der Waals surface area contributed by atoms with Crippen molar-refractivity contribution in [1.82, 2.24) is 0 Å². The summed E-state index contributed by atoms with van der Waals surface area (Å²) in [5.41, 5.74) is 3.36. The summed E-state index contributed by atoms with van der Waals surface area (Å²) in [5, 5.41) is 9.29. The molecule has 1 N–H and O–H groups in total. The number of carboxylic acid groups (broad SMARTS) is 1. The molecule has 0 aromatic carbocycles. The highest BCUT2D eigenvalue weighted by Crippen LogP contribution is 2.33. The molecule has 2 atom stereocenters. The number of carbonyl (C=O) groups excluding carboxylic acids is 1. The van der Waals surface area contributed by atoms with Gasteiger partial charge in [0, 0.05) is 17.1 Å². The summed E-state index contributed by atoms with van der Waals surface area (Å²) in [7, 11) is 0. The number of esters is 1. The second-order valence-electron chi connectivity index (χ2n) is 6.72. The third kappa shape index (κ3) is 4.70. The van der Waals surface area contributed by atoms with Crippen molar-refractivity contribution in [2.75, 3.05) is 0 Å². The van der Waals surface area contributed by atoms with Gasteiger partial charge in [0.15, 0.2) is 0 Å². The molecule has 24 heavy (non-hydrogen) atoms. The van der Waals surface area contributed by atoms with E-state index in [-0.39, 0.29) is 18.0 Å². The van der Waals surface area contributed by atoms with Gasteiger partial charge >= 0.3 is 11.9 Å². The van der Waals surface area contributed by atoms with Crippen LogP contribution in [0.5, 0.6) is 0 Å². The van der Waals surface area contributed by atoms with Gasteiger partial charge in [-0.25, -0.2) is 9.59 Å². The summed E-state index contributed by atoms with van der Waals surface area (Å²) < 4.78 is 5.46. The van der Waals surface area contributed by atoms with Crippen molar-refractivity contribution in [3.63, 3.8) is 0 Å². The molecule has 1 aliphatic heterocycles. The maximum atomic E-state index is 11.8. The van der Waals surface area contributed by atoms with Crippen LogP contribution in [0.4, 0.5) is 0 Å². The summed E-state index contributed by atoms with van der Waals surface area (Å²) in [6.45, 7) is 7.95. The lowest BCUT2D eigenvalue weighted by Crippen LogP contribution is -2.15. The number of carboxylic acids is 1. The van der Waals surface area contributed by atoms with Gasteiger partial charge in [-0.15, -0.1) is 0 Å². The monoisotopic (exact) mass is 330 g/mol. The van der Waals surface area contributed by atoms with Crippen LogP contribution in [0.25, 0.3) is 0 Å². The highest BCUT2D eigenvalue weighted by molar-refractivity contribution is 5.91. The molecule has 2 aliphatic rings. The summed E-state index contributed by atoms with van der Waals surface area (Å²) in [5.74, 6) is -1.10. The number of hydrogen-bond acceptors (Lipinski definition) is 3. The van der Waals surface area contributed by atoms with Crippen LogP contribution in [0, 0.1) is 5.92 Å². The molecule has 1 heterocycles. The van der Waals surface area contributed by atoms with E-state index in [0.717, 1.165) is 31.3 Å². The third-order valence-corrected chi connectivity index (χ3v) is 4.76. The maximum Gasteiger partial charge on any atom is 0.334 e. The molecule has 1 aliphatic carbocycles. The van der Waals surface area contributed by atoms with E-state index in [1.165, 1.54) is 5.57 Å². The highest BCUT2D eigenvalue weighted by atomic mass is 16.5. The van der Waals surface area contributed by atoms with Gasteiger partial charge in [0.1, 0.15) is 6.10 Å². The quantitative estimate of drug-likeness (QED) is 0.441. The van der Waals surface area contributed by atoms with Gasteiger partial charge in [-0.2, -0.15) is 0 Å². The van der Waals surface area contributed by atoms with E-state index in [0.29, 0.717) is 24.0 Å². The van der Waals surface area contributed by atoms with Gasteiger partial charge in [-0.1, -0.05) is 29.9 Å². The molecule has 130 valence electrons. The number of aliphatic carboxylic acids is 1. The molecular formula is C20H26O4. The minimum absolute atomic E-state index is 0.0314. The molecule has 0 bridgehead atoms. The lowest BCUT2D eigenvalue weighted by atomic mass is 9.89. The van der Waals surface area contributed by atoms with E-state index in [4.69, 9.17) is 4.74 Å². The Morgan fingerprint density at radius 1 is 1.17 bits per heavy atom. The van der Waals surface area contributed by atoms with Crippen molar-refractivity contribution in [1.29, 1.82) is 0 Å². The number of allylic oxidation sites excluding steroid dienone is 4. The predicted molar refractivity (Wildman–Crippen MR) is 93.4 cm³/mol. The van der Waals surface area contributed by atoms with Crippen LogP contribution >= 0.6 is 0 Å². The van der Waals surface area contributed by atoms with Gasteiger partial charge in [0.25, 0.3) is 0 Å². The molecule has 0 amide bonds. The molecular weight excluding hydrogens is 304 g/mol. The Kier molecular flexibility index (Phi) is 6.18. The van der Waals surface area contributed by atoms with E-state index < -0.39 is 5.97 Å². The summed E-state index contributed by atoms with van der Waals surface area (Å²) in [6.07, 6.45) is 10.1. The van der Waals surface area contributed by atoms with E-state index in [1.54, 1.807) is 0 Å². The zero-order chi connectivity index (χ0) is 17.7. The lowest BCUT2D eigenvalue weighted by molar-refractivity contribution is -0.137. The lowest BCUT2D eigenvalue weighted by Gasteiger charge is -2.16. The van der Waals surface area contributed by atoms with E-state index in [9.17, 15) is 14.7 Å². The Bertz CT molecular complexity index is 622. The number of rotatable bonds is 1. The average Bonchev–Trinajstić information content (AvgIpc) is 2.77. The first-order valence-corrected chi connectivity index (χ1v) is 8.53. The van der Waals surface area contributed by atoms with Crippen molar-refractivity contribution in [3.8, 4) is 0 Å². The molecule has 0 saturated carbocycles. The predicted octanol–water partition coefficient (Wildman–Crippen LogP) is 4.34. The van der Waals surface area contributed by atoms with Gasteiger partial charge in [0.2, 0.25) is 0 Å². The number of carbonyl (C=O) groups is 2. The Balaban J connectivity index is 2.23. The van der Waals surface area contributed by atoms with Crippen molar-refractivity contribution in [2.24, 2.45) is 5.92 Å². The number of hydrogen-bond donors (Lipinski definition) is 1. The fourth-order valence-corrected chi connectivity index (χ4v) is 3.21. The zero-order valence-corrected chi connectivity index (χ0v) is 14.5. The van der Waals surface area contributed by atoms with Gasteiger partial charge < -0.3 is 9.84 Å². The Morgan fingerprint density at radius 2 is 1.88 bits per heavy atom. The average molecular weight is 330 g/mol. The van der Waals surface area contributed by atoms with Gasteiger partial charge in [0.05, 0.1) is 0 Å². The van der Waals surface area contributed by atoms with Crippen molar-refractivity contribution >= 4 is 11.9 Å². The second kappa shape index (κ2) is 8.13. The van der Waals surface area contributed by atoms with Gasteiger partial charge in [-0.05, 0) is 58.4 Å². The Hall–Kier alpha value is -2.10. The number of fused-ring (bicyclic) bond motifs is 1. The van der Waals surface area contributed by atoms with Crippen molar-refractivity contribution in [3.05, 3.63) is 47.1 Å². The molecule has 4 heteroatoms. The highest BCUT2D eigenvalue weighted by Gasteiger charge is 2.36. The van der Waals surface area contributed by atoms with Crippen molar-refractivity contribution < 1.29 is 19.4 Å². The molecule has 4 nitrogen and oxygen atoms in total. The van der Waals surface area contributed by atoms with Crippen LogP contribution in [0.1, 0.15) is 52.4 Å². The van der Waals surface area contributed by atoms with Crippen molar-refractivity contribution in [2.45, 2.75) is 58.5 Å². The maximum absolute atomic E-state index is 11.8. The summed E-state index contributed by atoms with van der Waals surface area (Å²) in [6, 6.07) is 0. The van der Waals surface area contributed by atoms with Crippen LogP contribution in [0.3, 0.4) is 0 Å². The zero-order valence-electron chi connectivity index (χ0n) is 14.5. The number of ether oxygens (including phenoxy) is 1. The summed E-state index contributed by atoms with van der Waals surface area (Å²) >= 11 is 0. The fraction of sp³-hybridized carbons (Fsp3) is 0.500. The molecule has 1 saturated heterocycles. The fourth-order valence-electron chi connectivity index (χ4n) is 3.21. The molecule has 0 aromatic heterocycles. The SMILES string of the molecule is C=C1C(=O)O[C@@H]2/C=C(\C)CC/C=C(\C(=O)O)CC/C=C(/C)CC[C@@H]12. The minimum Gasteiger partial charge on any atom is -0.478 e. The van der Waals surface area contributed by atoms with Crippen LogP contribution in [-0.4, -0.2) is 23.1 Å². The molecule has 0 unspecified atom stereocenters. The van der Waals surface area contributed by atoms with Crippen LogP contribution in [-0.2, 0) is 14.3 Å². The van der Waals surface area contributed by atoms with Gasteiger partial charge in [-0.3, -0.25) is 0 Å². The first kappa shape index (κ1) is 18.2. The second-order valence-corrected chi connectivity index (χ2v) is 6.72. The normalized spacial score (nSPS) is 33.0. The summed E-state index contributed by atoms with van der Waals surface area (Å²) in [4.78, 5) is 23.2. The first-order valence-electron chi connectivity index (χ1n) is 8.53. The van der Waals surface area contributed by atoms with E-state index in [2.05, 4.69) is 12.7 Å². The first-order chi connectivity index (χ1) is 11.4.